The van der Waals surface area contributed by atoms with E-state index in [0.717, 1.165) is 18.2 Å². The Morgan fingerprint density at radius 2 is 2.00 bits per heavy atom. The number of nitro groups is 1. The zero-order chi connectivity index (χ0) is 18.8. The van der Waals surface area contributed by atoms with Gasteiger partial charge in [0.2, 0.25) is 10.0 Å². The van der Waals surface area contributed by atoms with Crippen LogP contribution in [0.25, 0.3) is 0 Å². The highest BCUT2D eigenvalue weighted by Gasteiger charge is 2.24. The minimum Gasteiger partial charge on any atom is -0.384 e. The lowest BCUT2D eigenvalue weighted by Gasteiger charge is -2.25. The maximum absolute atomic E-state index is 11.5. The summed E-state index contributed by atoms with van der Waals surface area (Å²) in [7, 11) is -4.12. The Morgan fingerprint density at radius 1 is 1.32 bits per heavy atom. The van der Waals surface area contributed by atoms with Gasteiger partial charge in [-0.15, -0.1) is 0 Å². The Morgan fingerprint density at radius 3 is 2.56 bits per heavy atom. The number of halogens is 1. The van der Waals surface area contributed by atoms with Gasteiger partial charge in [0.15, 0.2) is 0 Å². The number of aliphatic hydroxyl groups is 1. The number of anilines is 1. The van der Waals surface area contributed by atoms with E-state index in [0.29, 0.717) is 10.6 Å². The van der Waals surface area contributed by atoms with E-state index in [1.165, 1.54) is 6.92 Å². The van der Waals surface area contributed by atoms with Crippen LogP contribution in [0.1, 0.15) is 12.5 Å². The van der Waals surface area contributed by atoms with E-state index in [1.807, 2.05) is 0 Å². The van der Waals surface area contributed by atoms with Gasteiger partial charge in [0.1, 0.15) is 5.60 Å². The molecular formula is C15H16ClN3O5S. The summed E-state index contributed by atoms with van der Waals surface area (Å²) in [4.78, 5) is 9.85. The quantitative estimate of drug-likeness (QED) is 0.515. The second-order valence-corrected chi connectivity index (χ2v) is 7.65. The minimum atomic E-state index is -4.12. The van der Waals surface area contributed by atoms with Gasteiger partial charge in [-0.3, -0.25) is 10.1 Å². The minimum absolute atomic E-state index is 0.0431. The van der Waals surface area contributed by atoms with Crippen molar-refractivity contribution >= 4 is 33.0 Å². The average molecular weight is 386 g/mol. The normalized spacial score (nSPS) is 13.9. The number of benzene rings is 2. The summed E-state index contributed by atoms with van der Waals surface area (Å²) in [5.41, 5.74) is -1.11. The smallest absolute Gasteiger partial charge is 0.272 e. The topological polar surface area (TPSA) is 136 Å². The first-order valence-corrected chi connectivity index (χ1v) is 8.96. The molecule has 4 N–H and O–H groups in total. The third-order valence-corrected chi connectivity index (χ3v) is 4.64. The van der Waals surface area contributed by atoms with Crippen LogP contribution in [0.2, 0.25) is 5.02 Å². The number of hydrogen-bond donors (Lipinski definition) is 3. The summed E-state index contributed by atoms with van der Waals surface area (Å²) in [5.74, 6) is 0. The van der Waals surface area contributed by atoms with Crippen LogP contribution in [-0.2, 0) is 15.6 Å². The lowest BCUT2D eigenvalue weighted by atomic mass is 9.96. The van der Waals surface area contributed by atoms with Gasteiger partial charge in [-0.1, -0.05) is 23.7 Å². The maximum atomic E-state index is 11.5. The third-order valence-electron chi connectivity index (χ3n) is 3.51. The number of primary sulfonamides is 1. The van der Waals surface area contributed by atoms with E-state index in [1.54, 1.807) is 24.3 Å². The third kappa shape index (κ3) is 4.89. The summed E-state index contributed by atoms with van der Waals surface area (Å²) in [6.07, 6.45) is 0. The Labute approximate surface area is 149 Å². The highest BCUT2D eigenvalue weighted by molar-refractivity contribution is 7.89. The van der Waals surface area contributed by atoms with E-state index in [4.69, 9.17) is 16.7 Å². The average Bonchev–Trinajstić information content (AvgIpc) is 2.52. The van der Waals surface area contributed by atoms with E-state index in [9.17, 15) is 23.6 Å². The molecule has 10 heteroatoms. The molecule has 0 aromatic heterocycles. The van der Waals surface area contributed by atoms with Crippen LogP contribution in [0.3, 0.4) is 0 Å². The number of hydrogen-bond acceptors (Lipinski definition) is 6. The summed E-state index contributed by atoms with van der Waals surface area (Å²) in [6, 6.07) is 9.80. The van der Waals surface area contributed by atoms with Crippen molar-refractivity contribution in [3.8, 4) is 0 Å². The van der Waals surface area contributed by atoms with Crippen molar-refractivity contribution in [3.63, 3.8) is 0 Å². The molecule has 0 aliphatic carbocycles. The molecule has 1 unspecified atom stereocenters. The molecule has 0 heterocycles. The van der Waals surface area contributed by atoms with Crippen LogP contribution < -0.4 is 10.5 Å². The SMILES string of the molecule is CC(O)(CNc1cc([N+](=O)[O-])cc(S(N)(=O)=O)c1)c1cccc(Cl)c1. The highest BCUT2D eigenvalue weighted by atomic mass is 35.5. The fourth-order valence-corrected chi connectivity index (χ4v) is 2.92. The zero-order valence-corrected chi connectivity index (χ0v) is 14.7. The van der Waals surface area contributed by atoms with E-state index < -0.39 is 31.1 Å². The Bertz CT molecular complexity index is 915. The first-order valence-electron chi connectivity index (χ1n) is 7.04. The molecule has 0 amide bonds. The van der Waals surface area contributed by atoms with Gasteiger partial charge in [0, 0.05) is 29.4 Å². The monoisotopic (exact) mass is 385 g/mol. The van der Waals surface area contributed by atoms with Gasteiger partial charge in [0.05, 0.1) is 9.82 Å². The second kappa shape index (κ2) is 6.96. The first-order chi connectivity index (χ1) is 11.5. The van der Waals surface area contributed by atoms with Crippen molar-refractivity contribution in [2.45, 2.75) is 17.4 Å². The molecule has 0 bridgehead atoms. The number of non-ortho nitro benzene ring substituents is 1. The molecule has 0 aliphatic heterocycles. The molecule has 0 saturated heterocycles. The Hall–Kier alpha value is -2.20. The zero-order valence-electron chi connectivity index (χ0n) is 13.1. The lowest BCUT2D eigenvalue weighted by Crippen LogP contribution is -2.30. The van der Waals surface area contributed by atoms with Gasteiger partial charge >= 0.3 is 0 Å². The number of nitrogens with one attached hydrogen (secondary N) is 1. The summed E-state index contributed by atoms with van der Waals surface area (Å²) in [6.45, 7) is 1.49. The summed E-state index contributed by atoms with van der Waals surface area (Å²) >= 11 is 5.91. The molecule has 2 aromatic carbocycles. The molecule has 25 heavy (non-hydrogen) atoms. The molecule has 8 nitrogen and oxygen atoms in total. The number of nitrogens with zero attached hydrogens (tertiary/aromatic N) is 1. The fourth-order valence-electron chi connectivity index (χ4n) is 2.15. The second-order valence-electron chi connectivity index (χ2n) is 5.66. The molecule has 0 aliphatic rings. The van der Waals surface area contributed by atoms with Crippen LogP contribution >= 0.6 is 11.6 Å². The highest BCUT2D eigenvalue weighted by Crippen LogP contribution is 2.27. The van der Waals surface area contributed by atoms with Crippen LogP contribution in [-0.4, -0.2) is 25.0 Å². The molecule has 0 radical (unpaired) electrons. The molecule has 0 fully saturated rings. The molecule has 2 aromatic rings. The van der Waals surface area contributed by atoms with Crippen molar-refractivity contribution in [2.75, 3.05) is 11.9 Å². The summed E-state index contributed by atoms with van der Waals surface area (Å²) in [5, 5.41) is 29.8. The largest absolute Gasteiger partial charge is 0.384 e. The standard InChI is InChI=1S/C15H16ClN3O5S/c1-15(20,10-3-2-4-11(16)5-10)9-18-12-6-13(19(21)22)8-14(7-12)25(17,23)24/h2-8,18,20H,9H2,1H3,(H2,17,23,24). The van der Waals surface area contributed by atoms with Gasteiger partial charge in [-0.2, -0.15) is 0 Å². The molecule has 0 saturated carbocycles. The molecular weight excluding hydrogens is 370 g/mol. The van der Waals surface area contributed by atoms with Crippen LogP contribution in [0.15, 0.2) is 47.4 Å². The van der Waals surface area contributed by atoms with Crippen LogP contribution in [0, 0.1) is 10.1 Å². The van der Waals surface area contributed by atoms with Gasteiger partial charge < -0.3 is 10.4 Å². The first kappa shape index (κ1) is 19.1. The molecule has 2 rings (SSSR count). The van der Waals surface area contributed by atoms with Gasteiger partial charge in [0.25, 0.3) is 5.69 Å². The summed E-state index contributed by atoms with van der Waals surface area (Å²) < 4.78 is 23.0. The molecule has 0 spiro atoms. The van der Waals surface area contributed by atoms with Crippen molar-refractivity contribution in [1.82, 2.24) is 0 Å². The van der Waals surface area contributed by atoms with Crippen LogP contribution in [0.4, 0.5) is 11.4 Å². The maximum Gasteiger partial charge on any atom is 0.272 e. The van der Waals surface area contributed by atoms with Crippen molar-refractivity contribution in [3.05, 3.63) is 63.2 Å². The number of nitrogens with two attached hydrogens (primary N) is 1. The van der Waals surface area contributed by atoms with Crippen molar-refractivity contribution in [1.29, 1.82) is 0 Å². The van der Waals surface area contributed by atoms with Crippen molar-refractivity contribution in [2.24, 2.45) is 5.14 Å². The molecule has 134 valence electrons. The number of rotatable bonds is 6. The number of sulfonamides is 1. The van der Waals surface area contributed by atoms with Crippen molar-refractivity contribution < 1.29 is 18.4 Å². The molecule has 1 atom stereocenters. The van der Waals surface area contributed by atoms with E-state index in [2.05, 4.69) is 5.32 Å². The van der Waals surface area contributed by atoms with E-state index in [-0.39, 0.29) is 12.2 Å². The van der Waals surface area contributed by atoms with Crippen LogP contribution in [0.5, 0.6) is 0 Å². The predicted molar refractivity (Wildman–Crippen MR) is 94.0 cm³/mol. The Kier molecular flexibility index (Phi) is 5.33. The predicted octanol–water partition coefficient (Wildman–Crippen LogP) is 2.22. The fraction of sp³-hybridized carbons (Fsp3) is 0.200. The Balaban J connectivity index is 2.30. The number of nitro benzene ring substituents is 1. The van der Waals surface area contributed by atoms with Gasteiger partial charge in [-0.05, 0) is 30.7 Å². The van der Waals surface area contributed by atoms with E-state index >= 15 is 0 Å². The van der Waals surface area contributed by atoms with Gasteiger partial charge in [-0.25, -0.2) is 13.6 Å². The lowest BCUT2D eigenvalue weighted by molar-refractivity contribution is -0.385.